The summed E-state index contributed by atoms with van der Waals surface area (Å²) in [7, 11) is -3.63. The molecule has 1 aliphatic carbocycles. The zero-order chi connectivity index (χ0) is 32.4. The van der Waals surface area contributed by atoms with Crippen LogP contribution in [-0.4, -0.2) is 56.6 Å². The lowest BCUT2D eigenvalue weighted by Gasteiger charge is -2.33. The van der Waals surface area contributed by atoms with Crippen molar-refractivity contribution in [3.8, 4) is 5.75 Å². The molecule has 0 heterocycles. The first-order chi connectivity index (χ1) is 21.5. The van der Waals surface area contributed by atoms with Crippen molar-refractivity contribution in [3.63, 3.8) is 0 Å². The molecule has 0 bridgehead atoms. The molecule has 1 saturated carbocycles. The van der Waals surface area contributed by atoms with Crippen LogP contribution in [0.15, 0.2) is 72.8 Å². The highest BCUT2D eigenvalue weighted by Gasteiger charge is 2.32. The molecule has 1 atom stereocenters. The Kier molecular flexibility index (Phi) is 12.6. The van der Waals surface area contributed by atoms with Crippen molar-refractivity contribution in [3.05, 3.63) is 94.0 Å². The minimum absolute atomic E-state index is 0.0341. The van der Waals surface area contributed by atoms with E-state index < -0.39 is 16.1 Å². The van der Waals surface area contributed by atoms with E-state index in [9.17, 15) is 18.0 Å². The van der Waals surface area contributed by atoms with Crippen molar-refractivity contribution in [2.75, 3.05) is 23.7 Å². The molecule has 0 aromatic heterocycles. The van der Waals surface area contributed by atoms with E-state index in [0.29, 0.717) is 34.5 Å². The number of anilines is 1. The van der Waals surface area contributed by atoms with E-state index in [4.69, 9.17) is 27.9 Å². The highest BCUT2D eigenvalue weighted by Crippen LogP contribution is 2.26. The molecule has 1 aliphatic rings. The second-order valence-corrected chi connectivity index (χ2v) is 14.1. The Labute approximate surface area is 276 Å². The lowest BCUT2D eigenvalue weighted by atomic mass is 10.0. The number of nitrogens with one attached hydrogen (secondary N) is 1. The Hall–Kier alpha value is -3.27. The molecule has 45 heavy (non-hydrogen) atoms. The molecule has 11 heteroatoms. The molecule has 0 aliphatic heterocycles. The van der Waals surface area contributed by atoms with E-state index in [0.717, 1.165) is 43.1 Å². The smallest absolute Gasteiger partial charge is 0.243 e. The van der Waals surface area contributed by atoms with Gasteiger partial charge in [-0.1, -0.05) is 72.4 Å². The maximum Gasteiger partial charge on any atom is 0.243 e. The molecule has 0 radical (unpaired) electrons. The number of carbonyl (C=O) groups excluding carboxylic acids is 2. The molecule has 3 aromatic rings. The van der Waals surface area contributed by atoms with Gasteiger partial charge in [0.05, 0.1) is 28.6 Å². The van der Waals surface area contributed by atoms with Gasteiger partial charge >= 0.3 is 0 Å². The molecule has 1 fully saturated rings. The van der Waals surface area contributed by atoms with E-state index in [1.165, 1.54) is 4.31 Å². The van der Waals surface area contributed by atoms with Gasteiger partial charge in [-0.2, -0.15) is 0 Å². The Morgan fingerprint density at radius 1 is 0.956 bits per heavy atom. The summed E-state index contributed by atoms with van der Waals surface area (Å²) in [5, 5.41) is 3.95. The fourth-order valence-corrected chi connectivity index (χ4v) is 6.92. The lowest BCUT2D eigenvalue weighted by Crippen LogP contribution is -2.52. The highest BCUT2D eigenvalue weighted by molar-refractivity contribution is 7.92. The molecule has 242 valence electrons. The van der Waals surface area contributed by atoms with Crippen LogP contribution in [0.1, 0.15) is 56.6 Å². The first-order valence-electron chi connectivity index (χ1n) is 15.3. The quantitative estimate of drug-likeness (QED) is 0.195. The molecule has 0 spiro atoms. The van der Waals surface area contributed by atoms with Crippen LogP contribution in [0, 0.1) is 0 Å². The van der Waals surface area contributed by atoms with E-state index in [1.54, 1.807) is 47.4 Å². The third-order valence-electron chi connectivity index (χ3n) is 7.90. The Balaban J connectivity index is 1.58. The average molecular weight is 675 g/mol. The number of benzene rings is 3. The molecule has 8 nitrogen and oxygen atoms in total. The van der Waals surface area contributed by atoms with Gasteiger partial charge < -0.3 is 15.0 Å². The third-order valence-corrected chi connectivity index (χ3v) is 9.83. The topological polar surface area (TPSA) is 96.0 Å². The maximum absolute atomic E-state index is 14.1. The van der Waals surface area contributed by atoms with E-state index in [2.05, 4.69) is 5.32 Å². The molecule has 1 N–H and O–H groups in total. The predicted octanol–water partition coefficient (Wildman–Crippen LogP) is 6.64. The van der Waals surface area contributed by atoms with Crippen molar-refractivity contribution in [1.82, 2.24) is 10.2 Å². The largest absolute Gasteiger partial charge is 0.494 e. The zero-order valence-corrected chi connectivity index (χ0v) is 28.1. The SMILES string of the molecule is CCOc1ccc(N(CCCC(=O)N(Cc2ccc(Cl)c(Cl)c2)C(Cc2ccccc2)C(=O)NC2CCCC2)S(C)(=O)=O)cc1. The Morgan fingerprint density at radius 2 is 1.64 bits per heavy atom. The van der Waals surface area contributed by atoms with Gasteiger partial charge in [0.25, 0.3) is 0 Å². The summed E-state index contributed by atoms with van der Waals surface area (Å²) in [5.74, 6) is 0.179. The second kappa shape index (κ2) is 16.3. The van der Waals surface area contributed by atoms with Gasteiger partial charge in [0.2, 0.25) is 21.8 Å². The van der Waals surface area contributed by atoms with E-state index in [1.807, 2.05) is 37.3 Å². The number of carbonyl (C=O) groups is 2. The van der Waals surface area contributed by atoms with Crippen LogP contribution in [-0.2, 0) is 32.6 Å². The van der Waals surface area contributed by atoms with Crippen LogP contribution in [0.3, 0.4) is 0 Å². The molecule has 0 saturated heterocycles. The fourth-order valence-electron chi connectivity index (χ4n) is 5.64. The highest BCUT2D eigenvalue weighted by atomic mass is 35.5. The summed E-state index contributed by atoms with van der Waals surface area (Å²) in [6, 6.07) is 20.9. The molecular weight excluding hydrogens is 633 g/mol. The zero-order valence-electron chi connectivity index (χ0n) is 25.8. The Bertz CT molecular complexity index is 1530. The number of hydrogen-bond donors (Lipinski definition) is 1. The first-order valence-corrected chi connectivity index (χ1v) is 17.9. The summed E-state index contributed by atoms with van der Waals surface area (Å²) < 4.78 is 32.3. The van der Waals surface area contributed by atoms with Crippen molar-refractivity contribution in [2.45, 2.75) is 70.5 Å². The van der Waals surface area contributed by atoms with Crippen molar-refractivity contribution >= 4 is 50.7 Å². The predicted molar refractivity (Wildman–Crippen MR) is 180 cm³/mol. The normalized spacial score (nSPS) is 14.1. The summed E-state index contributed by atoms with van der Waals surface area (Å²) in [4.78, 5) is 29.5. The summed E-state index contributed by atoms with van der Waals surface area (Å²) >= 11 is 12.5. The van der Waals surface area contributed by atoms with Crippen LogP contribution in [0.25, 0.3) is 0 Å². The minimum atomic E-state index is -3.63. The van der Waals surface area contributed by atoms with Gasteiger partial charge in [-0.05, 0) is 73.7 Å². The van der Waals surface area contributed by atoms with Crippen molar-refractivity contribution in [2.24, 2.45) is 0 Å². The third kappa shape index (κ3) is 10.1. The van der Waals surface area contributed by atoms with Crippen LogP contribution in [0.4, 0.5) is 5.69 Å². The van der Waals surface area contributed by atoms with Gasteiger partial charge in [0.1, 0.15) is 11.8 Å². The molecular formula is C34H41Cl2N3O5S. The summed E-state index contributed by atoms with van der Waals surface area (Å²) in [6.45, 7) is 2.61. The Morgan fingerprint density at radius 3 is 2.27 bits per heavy atom. The average Bonchev–Trinajstić information content (AvgIpc) is 3.52. The van der Waals surface area contributed by atoms with Crippen LogP contribution in [0.2, 0.25) is 10.0 Å². The lowest BCUT2D eigenvalue weighted by molar-refractivity contribution is -0.141. The number of halogens is 2. The van der Waals surface area contributed by atoms with Gasteiger partial charge in [-0.15, -0.1) is 0 Å². The van der Waals surface area contributed by atoms with Gasteiger partial charge in [-0.25, -0.2) is 8.42 Å². The molecule has 2 amide bonds. The fraction of sp³-hybridized carbons (Fsp3) is 0.412. The molecule has 3 aromatic carbocycles. The minimum Gasteiger partial charge on any atom is -0.494 e. The van der Waals surface area contributed by atoms with Gasteiger partial charge in [0.15, 0.2) is 0 Å². The summed E-state index contributed by atoms with van der Waals surface area (Å²) in [6.07, 6.45) is 5.70. The number of ether oxygens (including phenoxy) is 1. The van der Waals surface area contributed by atoms with Crippen LogP contribution >= 0.6 is 23.2 Å². The maximum atomic E-state index is 14.1. The number of nitrogens with zero attached hydrogens (tertiary/aromatic N) is 2. The first kappa shape index (κ1) is 34.6. The summed E-state index contributed by atoms with van der Waals surface area (Å²) in [5.41, 5.74) is 2.14. The van der Waals surface area contributed by atoms with Crippen LogP contribution < -0.4 is 14.4 Å². The van der Waals surface area contributed by atoms with Gasteiger partial charge in [-0.3, -0.25) is 13.9 Å². The van der Waals surface area contributed by atoms with E-state index >= 15 is 0 Å². The van der Waals surface area contributed by atoms with Crippen LogP contribution in [0.5, 0.6) is 5.75 Å². The van der Waals surface area contributed by atoms with E-state index in [-0.39, 0.29) is 43.8 Å². The number of sulfonamides is 1. The molecule has 4 rings (SSSR count). The number of rotatable bonds is 15. The standard InChI is InChI=1S/C34H41Cl2N3O5S/c1-3-44-29-18-16-28(17-19-29)39(45(2,42)43)21-9-14-33(40)38(24-26-15-20-30(35)31(36)22-26)32(23-25-10-5-4-6-11-25)34(41)37-27-12-7-8-13-27/h4-6,10-11,15-20,22,27,32H,3,7-9,12-14,21,23-24H2,1-2H3,(H,37,41). The molecule has 1 unspecified atom stereocenters. The number of hydrogen-bond acceptors (Lipinski definition) is 5. The number of amides is 2. The van der Waals surface area contributed by atoms with Crippen molar-refractivity contribution in [1.29, 1.82) is 0 Å². The van der Waals surface area contributed by atoms with Gasteiger partial charge in [0, 0.05) is 32.0 Å². The second-order valence-electron chi connectivity index (χ2n) is 11.3. The van der Waals surface area contributed by atoms with Crippen molar-refractivity contribution < 1.29 is 22.7 Å². The monoisotopic (exact) mass is 673 g/mol.